The predicted octanol–water partition coefficient (Wildman–Crippen LogP) is 4.68. The average Bonchev–Trinajstić information content (AvgIpc) is 2.78. The van der Waals surface area contributed by atoms with Crippen LogP contribution in [0.2, 0.25) is 5.02 Å². The van der Waals surface area contributed by atoms with E-state index in [9.17, 15) is 18.0 Å². The van der Waals surface area contributed by atoms with E-state index in [1.807, 2.05) is 0 Å². The number of esters is 2. The third-order valence-electron chi connectivity index (χ3n) is 6.67. The summed E-state index contributed by atoms with van der Waals surface area (Å²) in [6.45, 7) is 6.72. The molecule has 0 aromatic heterocycles. The van der Waals surface area contributed by atoms with Crippen LogP contribution in [0.5, 0.6) is 0 Å². The SMILES string of the molecule is CC1CCC(C(C)C)C(OC(=O)COC(=O)c2ccc(Cl)c(S(=O)(=O)N3CCCCC3)c2)C1. The summed E-state index contributed by atoms with van der Waals surface area (Å²) in [6.07, 6.45) is 5.31. The largest absolute Gasteiger partial charge is 0.460 e. The van der Waals surface area contributed by atoms with Crippen molar-refractivity contribution in [2.24, 2.45) is 17.8 Å². The first-order chi connectivity index (χ1) is 15.6. The summed E-state index contributed by atoms with van der Waals surface area (Å²) in [5, 5.41) is 0.0441. The summed E-state index contributed by atoms with van der Waals surface area (Å²) in [4.78, 5) is 24.8. The predicted molar refractivity (Wildman–Crippen MR) is 126 cm³/mol. The highest BCUT2D eigenvalue weighted by Gasteiger charge is 2.34. The van der Waals surface area contributed by atoms with Crippen LogP contribution in [0.3, 0.4) is 0 Å². The van der Waals surface area contributed by atoms with Gasteiger partial charge < -0.3 is 9.47 Å². The zero-order valence-corrected chi connectivity index (χ0v) is 21.2. The molecule has 2 fully saturated rings. The van der Waals surface area contributed by atoms with Crippen LogP contribution in [0, 0.1) is 17.8 Å². The van der Waals surface area contributed by atoms with E-state index in [0.717, 1.165) is 38.5 Å². The molecule has 2 aliphatic rings. The Morgan fingerprint density at radius 2 is 1.85 bits per heavy atom. The van der Waals surface area contributed by atoms with Crippen molar-refractivity contribution in [3.05, 3.63) is 28.8 Å². The number of hydrogen-bond acceptors (Lipinski definition) is 6. The lowest BCUT2D eigenvalue weighted by molar-refractivity contribution is -0.159. The number of carbonyl (C=O) groups is 2. The van der Waals surface area contributed by atoms with Crippen molar-refractivity contribution >= 4 is 33.6 Å². The lowest BCUT2D eigenvalue weighted by atomic mass is 9.75. The van der Waals surface area contributed by atoms with Crippen molar-refractivity contribution in [2.75, 3.05) is 19.7 Å². The second-order valence-electron chi connectivity index (χ2n) is 9.54. The van der Waals surface area contributed by atoms with Crippen molar-refractivity contribution in [3.63, 3.8) is 0 Å². The van der Waals surface area contributed by atoms with Gasteiger partial charge in [-0.1, -0.05) is 45.2 Å². The van der Waals surface area contributed by atoms with Gasteiger partial charge in [0.25, 0.3) is 0 Å². The molecule has 1 saturated carbocycles. The van der Waals surface area contributed by atoms with Crippen LogP contribution < -0.4 is 0 Å². The molecule has 184 valence electrons. The lowest BCUT2D eigenvalue weighted by Gasteiger charge is -2.36. The molecule has 0 amide bonds. The maximum atomic E-state index is 13.0. The quantitative estimate of drug-likeness (QED) is 0.506. The highest BCUT2D eigenvalue weighted by atomic mass is 35.5. The summed E-state index contributed by atoms with van der Waals surface area (Å²) in [5.74, 6) is -0.221. The highest BCUT2D eigenvalue weighted by Crippen LogP contribution is 2.35. The molecule has 3 unspecified atom stereocenters. The number of nitrogens with zero attached hydrogens (tertiary/aromatic N) is 1. The maximum absolute atomic E-state index is 13.0. The molecule has 3 rings (SSSR count). The lowest BCUT2D eigenvalue weighted by Crippen LogP contribution is -2.36. The second kappa shape index (κ2) is 11.2. The van der Waals surface area contributed by atoms with E-state index in [1.54, 1.807) is 0 Å². The van der Waals surface area contributed by atoms with E-state index < -0.39 is 28.6 Å². The van der Waals surface area contributed by atoms with Gasteiger partial charge >= 0.3 is 11.9 Å². The molecular formula is C24H34ClNO6S. The molecule has 3 atom stereocenters. The Kier molecular flexibility index (Phi) is 8.81. The number of benzene rings is 1. The Bertz CT molecular complexity index is 958. The van der Waals surface area contributed by atoms with E-state index in [-0.39, 0.29) is 21.6 Å². The Balaban J connectivity index is 1.63. The number of hydrogen-bond donors (Lipinski definition) is 0. The monoisotopic (exact) mass is 499 g/mol. The van der Waals surface area contributed by atoms with Crippen molar-refractivity contribution < 1.29 is 27.5 Å². The average molecular weight is 500 g/mol. The zero-order chi connectivity index (χ0) is 24.2. The number of halogens is 1. The van der Waals surface area contributed by atoms with Crippen LogP contribution in [-0.4, -0.2) is 50.5 Å². The third kappa shape index (κ3) is 6.49. The van der Waals surface area contributed by atoms with Crippen molar-refractivity contribution in [1.82, 2.24) is 4.31 Å². The Labute approximate surface area is 201 Å². The van der Waals surface area contributed by atoms with E-state index in [2.05, 4.69) is 20.8 Å². The molecule has 0 radical (unpaired) electrons. The summed E-state index contributed by atoms with van der Waals surface area (Å²) < 4.78 is 38.2. The molecule has 1 saturated heterocycles. The summed E-state index contributed by atoms with van der Waals surface area (Å²) in [5.41, 5.74) is 0.0223. The number of rotatable bonds is 7. The van der Waals surface area contributed by atoms with E-state index in [0.29, 0.717) is 30.8 Å². The molecule has 0 bridgehead atoms. The van der Waals surface area contributed by atoms with Crippen LogP contribution in [0.25, 0.3) is 0 Å². The molecule has 33 heavy (non-hydrogen) atoms. The number of carbonyl (C=O) groups excluding carboxylic acids is 2. The minimum absolute atomic E-state index is 0.0223. The van der Waals surface area contributed by atoms with Crippen LogP contribution in [0.1, 0.15) is 69.7 Å². The smallest absolute Gasteiger partial charge is 0.344 e. The summed E-state index contributed by atoms with van der Waals surface area (Å²) >= 11 is 6.16. The second-order valence-corrected chi connectivity index (χ2v) is 11.9. The Morgan fingerprint density at radius 3 is 2.52 bits per heavy atom. The minimum Gasteiger partial charge on any atom is -0.460 e. The van der Waals surface area contributed by atoms with Crippen molar-refractivity contribution in [2.45, 2.75) is 70.3 Å². The minimum atomic E-state index is -3.82. The number of sulfonamides is 1. The highest BCUT2D eigenvalue weighted by molar-refractivity contribution is 7.89. The van der Waals surface area contributed by atoms with Crippen molar-refractivity contribution in [1.29, 1.82) is 0 Å². The molecular weight excluding hydrogens is 466 g/mol. The third-order valence-corrected chi connectivity index (χ3v) is 9.05. The first kappa shape index (κ1) is 26.0. The van der Waals surface area contributed by atoms with Gasteiger partial charge in [-0.2, -0.15) is 4.31 Å². The molecule has 0 spiro atoms. The first-order valence-corrected chi connectivity index (χ1v) is 13.6. The molecule has 1 aromatic rings. The fraction of sp³-hybridized carbons (Fsp3) is 0.667. The topological polar surface area (TPSA) is 90.0 Å². The molecule has 1 aliphatic carbocycles. The molecule has 0 N–H and O–H groups in total. The van der Waals surface area contributed by atoms with E-state index in [1.165, 1.54) is 22.5 Å². The molecule has 9 heteroatoms. The maximum Gasteiger partial charge on any atom is 0.344 e. The van der Waals surface area contributed by atoms with Gasteiger partial charge in [-0.25, -0.2) is 18.0 Å². The molecule has 1 heterocycles. The first-order valence-electron chi connectivity index (χ1n) is 11.8. The Hall–Kier alpha value is -1.64. The Morgan fingerprint density at radius 1 is 1.15 bits per heavy atom. The van der Waals surface area contributed by atoms with Gasteiger partial charge in [0.05, 0.1) is 10.6 Å². The standard InChI is InChI=1S/C24H34ClNO6S/c1-16(2)19-9-7-17(3)13-21(19)32-23(27)15-31-24(28)18-8-10-20(25)22(14-18)33(29,30)26-11-5-4-6-12-26/h8,10,14,16-17,19,21H,4-7,9,11-13,15H2,1-3H3. The zero-order valence-electron chi connectivity index (χ0n) is 19.6. The van der Waals surface area contributed by atoms with Gasteiger partial charge in [0.2, 0.25) is 10.0 Å². The van der Waals surface area contributed by atoms with Crippen LogP contribution in [0.15, 0.2) is 23.1 Å². The fourth-order valence-electron chi connectivity index (χ4n) is 4.73. The normalized spacial score (nSPS) is 24.5. The molecule has 7 nitrogen and oxygen atoms in total. The van der Waals surface area contributed by atoms with Gasteiger partial charge in [-0.3, -0.25) is 0 Å². The van der Waals surface area contributed by atoms with E-state index >= 15 is 0 Å². The van der Waals surface area contributed by atoms with Crippen LogP contribution in [-0.2, 0) is 24.3 Å². The van der Waals surface area contributed by atoms with Gasteiger partial charge in [-0.15, -0.1) is 0 Å². The summed E-state index contributed by atoms with van der Waals surface area (Å²) in [6, 6.07) is 3.98. The molecule has 1 aliphatic heterocycles. The van der Waals surface area contributed by atoms with Gasteiger partial charge in [0.15, 0.2) is 6.61 Å². The number of ether oxygens (including phenoxy) is 2. The molecule has 1 aromatic carbocycles. The number of piperidine rings is 1. The van der Waals surface area contributed by atoms with E-state index in [4.69, 9.17) is 21.1 Å². The van der Waals surface area contributed by atoms with Gasteiger partial charge in [0, 0.05) is 13.1 Å². The van der Waals surface area contributed by atoms with Gasteiger partial charge in [0.1, 0.15) is 11.0 Å². The summed E-state index contributed by atoms with van der Waals surface area (Å²) in [7, 11) is -3.82. The van der Waals surface area contributed by atoms with Crippen molar-refractivity contribution in [3.8, 4) is 0 Å². The van der Waals surface area contributed by atoms with Crippen LogP contribution >= 0.6 is 11.6 Å². The van der Waals surface area contributed by atoms with Gasteiger partial charge in [-0.05, 0) is 61.6 Å². The fourth-order valence-corrected chi connectivity index (χ4v) is 6.75. The van der Waals surface area contributed by atoms with Crippen LogP contribution in [0.4, 0.5) is 0 Å².